The van der Waals surface area contributed by atoms with Gasteiger partial charge < -0.3 is 10.6 Å². The molecule has 20 heavy (non-hydrogen) atoms. The fourth-order valence-corrected chi connectivity index (χ4v) is 3.36. The molecule has 1 aromatic carbocycles. The van der Waals surface area contributed by atoms with Gasteiger partial charge in [-0.15, -0.1) is 0 Å². The van der Waals surface area contributed by atoms with Crippen molar-refractivity contribution in [3.63, 3.8) is 0 Å². The van der Waals surface area contributed by atoms with Gasteiger partial charge in [-0.1, -0.05) is 19.3 Å². The Kier molecular flexibility index (Phi) is 5.77. The quantitative estimate of drug-likeness (QED) is 0.581. The minimum absolute atomic E-state index is 0.0605. The van der Waals surface area contributed by atoms with Crippen molar-refractivity contribution in [3.05, 3.63) is 27.3 Å². The van der Waals surface area contributed by atoms with Crippen molar-refractivity contribution >= 4 is 51.5 Å². The highest BCUT2D eigenvalue weighted by molar-refractivity contribution is 14.1. The van der Waals surface area contributed by atoms with Crippen LogP contribution in [0.3, 0.4) is 0 Å². The summed E-state index contributed by atoms with van der Waals surface area (Å²) >= 11 is 7.50. The third kappa shape index (κ3) is 4.41. The predicted molar refractivity (Wildman–Crippen MR) is 94.8 cm³/mol. The molecule has 108 valence electrons. The van der Waals surface area contributed by atoms with Crippen LogP contribution >= 0.6 is 34.8 Å². The number of amides is 1. The Morgan fingerprint density at radius 2 is 2.00 bits per heavy atom. The van der Waals surface area contributed by atoms with Gasteiger partial charge in [0.25, 0.3) is 0 Å². The van der Waals surface area contributed by atoms with Crippen LogP contribution in [-0.2, 0) is 4.79 Å². The average molecular weight is 402 g/mol. The van der Waals surface area contributed by atoms with E-state index in [1.165, 1.54) is 9.99 Å². The summed E-state index contributed by atoms with van der Waals surface area (Å²) in [5, 5.41) is 6.32. The third-order valence-corrected chi connectivity index (χ3v) is 4.52. The molecule has 5 heteroatoms. The number of hydrogen-bond donors (Lipinski definition) is 2. The van der Waals surface area contributed by atoms with Gasteiger partial charge >= 0.3 is 0 Å². The molecule has 0 atom stereocenters. The Hall–Kier alpha value is -0.690. The molecule has 0 radical (unpaired) electrons. The van der Waals surface area contributed by atoms with Crippen LogP contribution in [0.15, 0.2) is 18.2 Å². The van der Waals surface area contributed by atoms with E-state index in [1.54, 1.807) is 0 Å². The molecule has 0 bridgehead atoms. The Labute approximate surface area is 139 Å². The number of nitrogens with one attached hydrogen (secondary N) is 2. The van der Waals surface area contributed by atoms with Gasteiger partial charge in [-0.3, -0.25) is 4.79 Å². The summed E-state index contributed by atoms with van der Waals surface area (Å²) in [5.41, 5.74) is 2.06. The summed E-state index contributed by atoms with van der Waals surface area (Å²) in [7, 11) is 0. The number of carbonyl (C=O) groups excluding carboxylic acids is 1. The summed E-state index contributed by atoms with van der Waals surface area (Å²) in [6, 6.07) is 6.08. The predicted octanol–water partition coefficient (Wildman–Crippen LogP) is 3.99. The van der Waals surface area contributed by atoms with Gasteiger partial charge in [0.15, 0.2) is 5.11 Å². The Balaban J connectivity index is 1.90. The zero-order chi connectivity index (χ0) is 14.5. The lowest BCUT2D eigenvalue weighted by Gasteiger charge is -2.21. The van der Waals surface area contributed by atoms with Crippen LogP contribution in [0, 0.1) is 16.4 Å². The van der Waals surface area contributed by atoms with Crippen molar-refractivity contribution in [2.75, 3.05) is 5.32 Å². The van der Waals surface area contributed by atoms with Gasteiger partial charge in [-0.05, 0) is 78.3 Å². The maximum Gasteiger partial charge on any atom is 0.229 e. The Morgan fingerprint density at radius 1 is 1.30 bits per heavy atom. The summed E-state index contributed by atoms with van der Waals surface area (Å²) < 4.78 is 1.18. The van der Waals surface area contributed by atoms with Crippen LogP contribution in [0.5, 0.6) is 0 Å². The van der Waals surface area contributed by atoms with Gasteiger partial charge in [0, 0.05) is 15.2 Å². The lowest BCUT2D eigenvalue weighted by Crippen LogP contribution is -2.39. The monoisotopic (exact) mass is 402 g/mol. The van der Waals surface area contributed by atoms with Crippen LogP contribution in [0.4, 0.5) is 5.69 Å². The van der Waals surface area contributed by atoms with E-state index in [2.05, 4.69) is 39.3 Å². The number of carbonyl (C=O) groups is 1. The molecule has 1 amide bonds. The molecule has 1 aromatic rings. The standard InChI is InChI=1S/C15H19IN2OS/c1-10-9-12(16)7-8-13(10)17-15(20)18-14(19)11-5-3-2-4-6-11/h7-9,11H,2-6H2,1H3,(H2,17,18,19,20). The van der Waals surface area contributed by atoms with E-state index in [0.29, 0.717) is 5.11 Å². The second-order valence-electron chi connectivity index (χ2n) is 5.24. The van der Waals surface area contributed by atoms with Crippen LogP contribution in [-0.4, -0.2) is 11.0 Å². The number of anilines is 1. The molecule has 2 rings (SSSR count). The summed E-state index contributed by atoms with van der Waals surface area (Å²) in [5.74, 6) is 0.187. The fourth-order valence-electron chi connectivity index (χ4n) is 2.50. The SMILES string of the molecule is Cc1cc(I)ccc1NC(=S)NC(=O)C1CCCCC1. The lowest BCUT2D eigenvalue weighted by atomic mass is 9.89. The lowest BCUT2D eigenvalue weighted by molar-refractivity contribution is -0.124. The van der Waals surface area contributed by atoms with E-state index in [9.17, 15) is 4.79 Å². The van der Waals surface area contributed by atoms with Crippen molar-refractivity contribution in [3.8, 4) is 0 Å². The van der Waals surface area contributed by atoms with E-state index in [4.69, 9.17) is 12.2 Å². The Morgan fingerprint density at radius 3 is 2.65 bits per heavy atom. The molecule has 3 nitrogen and oxygen atoms in total. The zero-order valence-electron chi connectivity index (χ0n) is 11.5. The van der Waals surface area contributed by atoms with Gasteiger partial charge in [0.1, 0.15) is 0 Å². The van der Waals surface area contributed by atoms with Gasteiger partial charge in [-0.2, -0.15) is 0 Å². The fraction of sp³-hybridized carbons (Fsp3) is 0.467. The molecular formula is C15H19IN2OS. The zero-order valence-corrected chi connectivity index (χ0v) is 14.5. The van der Waals surface area contributed by atoms with E-state index in [1.807, 2.05) is 19.1 Å². The smallest absolute Gasteiger partial charge is 0.229 e. The normalized spacial score (nSPS) is 15.7. The molecule has 0 aromatic heterocycles. The van der Waals surface area contributed by atoms with E-state index in [0.717, 1.165) is 36.9 Å². The second-order valence-corrected chi connectivity index (χ2v) is 6.89. The molecule has 0 heterocycles. The number of halogens is 1. The molecule has 0 saturated heterocycles. The number of aryl methyl sites for hydroxylation is 1. The molecule has 0 spiro atoms. The van der Waals surface area contributed by atoms with Crippen molar-refractivity contribution < 1.29 is 4.79 Å². The largest absolute Gasteiger partial charge is 0.332 e. The first-order valence-corrected chi connectivity index (χ1v) is 8.43. The van der Waals surface area contributed by atoms with Crippen LogP contribution in [0.25, 0.3) is 0 Å². The van der Waals surface area contributed by atoms with Gasteiger partial charge in [0.2, 0.25) is 5.91 Å². The van der Waals surface area contributed by atoms with Gasteiger partial charge in [-0.25, -0.2) is 0 Å². The maximum atomic E-state index is 12.1. The number of benzene rings is 1. The Bertz CT molecular complexity index is 513. The molecular weight excluding hydrogens is 383 g/mol. The highest BCUT2D eigenvalue weighted by atomic mass is 127. The molecule has 0 aliphatic heterocycles. The van der Waals surface area contributed by atoms with Crippen molar-refractivity contribution in [2.45, 2.75) is 39.0 Å². The minimum Gasteiger partial charge on any atom is -0.332 e. The van der Waals surface area contributed by atoms with Crippen molar-refractivity contribution in [1.82, 2.24) is 5.32 Å². The topological polar surface area (TPSA) is 41.1 Å². The molecule has 0 unspecified atom stereocenters. The van der Waals surface area contributed by atoms with Gasteiger partial charge in [0.05, 0.1) is 0 Å². The van der Waals surface area contributed by atoms with Crippen LogP contribution < -0.4 is 10.6 Å². The summed E-state index contributed by atoms with van der Waals surface area (Å²) in [6.45, 7) is 2.02. The maximum absolute atomic E-state index is 12.1. The molecule has 1 fully saturated rings. The first kappa shape index (κ1) is 15.7. The molecule has 1 aliphatic rings. The van der Waals surface area contributed by atoms with Crippen LogP contribution in [0.1, 0.15) is 37.7 Å². The number of thiocarbonyl (C=S) groups is 1. The van der Waals surface area contributed by atoms with Crippen molar-refractivity contribution in [1.29, 1.82) is 0 Å². The first-order valence-electron chi connectivity index (χ1n) is 6.94. The number of rotatable bonds is 2. The first-order chi connectivity index (χ1) is 9.56. The molecule has 1 aliphatic carbocycles. The highest BCUT2D eigenvalue weighted by Gasteiger charge is 2.21. The summed E-state index contributed by atoms with van der Waals surface area (Å²) in [6.07, 6.45) is 5.51. The minimum atomic E-state index is 0.0605. The number of hydrogen-bond acceptors (Lipinski definition) is 2. The van der Waals surface area contributed by atoms with E-state index < -0.39 is 0 Å². The summed E-state index contributed by atoms with van der Waals surface area (Å²) in [4.78, 5) is 12.1. The molecule has 2 N–H and O–H groups in total. The molecule has 1 saturated carbocycles. The van der Waals surface area contributed by atoms with Crippen LogP contribution in [0.2, 0.25) is 0 Å². The third-order valence-electron chi connectivity index (χ3n) is 3.65. The highest BCUT2D eigenvalue weighted by Crippen LogP contribution is 2.23. The van der Waals surface area contributed by atoms with E-state index in [-0.39, 0.29) is 11.8 Å². The van der Waals surface area contributed by atoms with E-state index >= 15 is 0 Å². The second kappa shape index (κ2) is 7.36. The average Bonchev–Trinajstić information content (AvgIpc) is 2.43. The van der Waals surface area contributed by atoms with Crippen molar-refractivity contribution in [2.24, 2.45) is 5.92 Å².